The maximum Gasteiger partial charge on any atom is 0.270 e. The van der Waals surface area contributed by atoms with Crippen LogP contribution in [0.3, 0.4) is 0 Å². The summed E-state index contributed by atoms with van der Waals surface area (Å²) in [5, 5.41) is 24.6. The van der Waals surface area contributed by atoms with E-state index in [0.29, 0.717) is 32.0 Å². The average molecular weight is 385 g/mol. The van der Waals surface area contributed by atoms with Gasteiger partial charge in [0.05, 0.1) is 17.6 Å². The highest BCUT2D eigenvalue weighted by atomic mass is 16.6. The molecule has 0 spiro atoms. The lowest BCUT2D eigenvalue weighted by Crippen LogP contribution is -2.40. The number of β-amino-alcohol motifs (C(OH)–C–C–N with tert-alkyl or cyclic N) is 1. The lowest BCUT2D eigenvalue weighted by atomic mass is 10.00. The normalized spacial score (nSPS) is 15.1. The maximum absolute atomic E-state index is 11.0. The van der Waals surface area contributed by atoms with E-state index in [1.54, 1.807) is 6.07 Å². The quantitative estimate of drug-likeness (QED) is 0.509. The molecular formula is C21H27N3O4. The molecule has 0 aromatic heterocycles. The summed E-state index contributed by atoms with van der Waals surface area (Å²) < 4.78 is 5.55. The fourth-order valence-electron chi connectivity index (χ4n) is 3.56. The van der Waals surface area contributed by atoms with E-state index in [0.717, 1.165) is 25.1 Å². The van der Waals surface area contributed by atoms with E-state index >= 15 is 0 Å². The Labute approximate surface area is 165 Å². The van der Waals surface area contributed by atoms with Crippen LogP contribution in [0.2, 0.25) is 0 Å². The monoisotopic (exact) mass is 385 g/mol. The van der Waals surface area contributed by atoms with Crippen LogP contribution >= 0.6 is 0 Å². The highest BCUT2D eigenvalue weighted by Crippen LogP contribution is 2.24. The lowest BCUT2D eigenvalue weighted by Gasteiger charge is -2.30. The maximum atomic E-state index is 11.0. The van der Waals surface area contributed by atoms with Gasteiger partial charge in [0.15, 0.2) is 0 Å². The Hall–Kier alpha value is -2.48. The number of non-ortho nitro benzene ring substituents is 1. The number of nitro benzene ring substituents is 1. The third-order valence-electron chi connectivity index (χ3n) is 4.93. The van der Waals surface area contributed by atoms with Gasteiger partial charge in [0.1, 0.15) is 5.75 Å². The number of nitrogens with zero attached hydrogens (tertiary/aromatic N) is 2. The predicted octanol–water partition coefficient (Wildman–Crippen LogP) is 2.50. The standard InChI is InChI=1S/C21H27N3O4/c1-2-28-21-8-7-19(24(26)27)11-18(21)12-22-13-20(25)15-23-10-9-16-5-3-4-6-17(16)14-23/h3-8,11,20,22,25H,2,9-10,12-15H2,1H3. The average Bonchev–Trinajstić information content (AvgIpc) is 2.69. The summed E-state index contributed by atoms with van der Waals surface area (Å²) >= 11 is 0. The molecule has 3 rings (SSSR count). The minimum absolute atomic E-state index is 0.0350. The van der Waals surface area contributed by atoms with Crippen molar-refractivity contribution in [1.82, 2.24) is 10.2 Å². The zero-order chi connectivity index (χ0) is 19.9. The number of aliphatic hydroxyl groups is 1. The van der Waals surface area contributed by atoms with Crippen molar-refractivity contribution in [3.05, 3.63) is 69.3 Å². The molecule has 2 N–H and O–H groups in total. The Morgan fingerprint density at radius 3 is 2.82 bits per heavy atom. The molecule has 0 saturated heterocycles. The number of nitro groups is 1. The Morgan fingerprint density at radius 1 is 1.29 bits per heavy atom. The van der Waals surface area contributed by atoms with E-state index in [1.165, 1.54) is 23.3 Å². The summed E-state index contributed by atoms with van der Waals surface area (Å²) in [5.41, 5.74) is 3.47. The number of aliphatic hydroxyl groups excluding tert-OH is 1. The first-order valence-corrected chi connectivity index (χ1v) is 9.65. The molecule has 0 saturated carbocycles. The van der Waals surface area contributed by atoms with Gasteiger partial charge in [-0.2, -0.15) is 0 Å². The Bertz CT molecular complexity index is 812. The second kappa shape index (κ2) is 9.64. The molecule has 28 heavy (non-hydrogen) atoms. The molecule has 7 heteroatoms. The van der Waals surface area contributed by atoms with E-state index in [9.17, 15) is 15.2 Å². The largest absolute Gasteiger partial charge is 0.494 e. The molecule has 0 amide bonds. The Balaban J connectivity index is 1.51. The molecule has 1 unspecified atom stereocenters. The van der Waals surface area contributed by atoms with Gasteiger partial charge in [0.2, 0.25) is 0 Å². The van der Waals surface area contributed by atoms with Crippen molar-refractivity contribution in [3.8, 4) is 5.75 Å². The molecule has 1 aliphatic rings. The second-order valence-corrected chi connectivity index (χ2v) is 7.02. The van der Waals surface area contributed by atoms with Crippen molar-refractivity contribution < 1.29 is 14.8 Å². The zero-order valence-electron chi connectivity index (χ0n) is 16.1. The minimum atomic E-state index is -0.514. The van der Waals surface area contributed by atoms with Gasteiger partial charge in [-0.3, -0.25) is 15.0 Å². The van der Waals surface area contributed by atoms with E-state index < -0.39 is 11.0 Å². The first kappa shape index (κ1) is 20.3. The Morgan fingerprint density at radius 2 is 2.07 bits per heavy atom. The molecule has 2 aromatic carbocycles. The van der Waals surface area contributed by atoms with E-state index in [4.69, 9.17) is 4.74 Å². The summed E-state index contributed by atoms with van der Waals surface area (Å²) in [4.78, 5) is 12.9. The van der Waals surface area contributed by atoms with Crippen LogP contribution in [-0.4, -0.2) is 47.3 Å². The van der Waals surface area contributed by atoms with Crippen LogP contribution < -0.4 is 10.1 Å². The lowest BCUT2D eigenvalue weighted by molar-refractivity contribution is -0.384. The molecule has 2 aromatic rings. The van der Waals surface area contributed by atoms with Crippen LogP contribution in [-0.2, 0) is 19.5 Å². The zero-order valence-corrected chi connectivity index (χ0v) is 16.1. The third kappa shape index (κ3) is 5.28. The number of nitrogens with one attached hydrogen (secondary N) is 1. The number of hydrogen-bond donors (Lipinski definition) is 2. The summed E-state index contributed by atoms with van der Waals surface area (Å²) in [6.07, 6.45) is 0.487. The molecule has 0 bridgehead atoms. The van der Waals surface area contributed by atoms with Crippen LogP contribution in [0.4, 0.5) is 5.69 Å². The molecule has 0 fully saturated rings. The Kier molecular flexibility index (Phi) is 6.97. The van der Waals surface area contributed by atoms with Crippen LogP contribution in [0.1, 0.15) is 23.6 Å². The van der Waals surface area contributed by atoms with Crippen LogP contribution in [0.5, 0.6) is 5.75 Å². The van der Waals surface area contributed by atoms with Gasteiger partial charge >= 0.3 is 0 Å². The summed E-state index contributed by atoms with van der Waals surface area (Å²) in [6.45, 7) is 5.56. The van der Waals surface area contributed by atoms with Gasteiger partial charge in [0, 0.05) is 50.4 Å². The predicted molar refractivity (Wildman–Crippen MR) is 107 cm³/mol. The van der Waals surface area contributed by atoms with Crippen molar-refractivity contribution in [1.29, 1.82) is 0 Å². The molecule has 0 radical (unpaired) electrons. The minimum Gasteiger partial charge on any atom is -0.494 e. The van der Waals surface area contributed by atoms with Crippen molar-refractivity contribution in [2.24, 2.45) is 0 Å². The van der Waals surface area contributed by atoms with Crippen LogP contribution in [0.25, 0.3) is 0 Å². The first-order valence-electron chi connectivity index (χ1n) is 9.65. The fraction of sp³-hybridized carbons (Fsp3) is 0.429. The summed E-state index contributed by atoms with van der Waals surface area (Å²) in [7, 11) is 0. The van der Waals surface area contributed by atoms with Gasteiger partial charge in [-0.15, -0.1) is 0 Å². The van der Waals surface area contributed by atoms with E-state index in [2.05, 4.69) is 34.5 Å². The number of hydrogen-bond acceptors (Lipinski definition) is 6. The molecule has 1 aliphatic heterocycles. The van der Waals surface area contributed by atoms with Crippen LogP contribution in [0, 0.1) is 10.1 Å². The van der Waals surface area contributed by atoms with Crippen molar-refractivity contribution in [3.63, 3.8) is 0 Å². The second-order valence-electron chi connectivity index (χ2n) is 7.02. The van der Waals surface area contributed by atoms with Gasteiger partial charge in [-0.25, -0.2) is 0 Å². The van der Waals surface area contributed by atoms with Gasteiger partial charge in [0.25, 0.3) is 5.69 Å². The topological polar surface area (TPSA) is 87.9 Å². The number of rotatable bonds is 9. The highest BCUT2D eigenvalue weighted by Gasteiger charge is 2.18. The van der Waals surface area contributed by atoms with Gasteiger partial charge < -0.3 is 15.2 Å². The van der Waals surface area contributed by atoms with Gasteiger partial charge in [-0.1, -0.05) is 24.3 Å². The van der Waals surface area contributed by atoms with Crippen molar-refractivity contribution >= 4 is 5.69 Å². The van der Waals surface area contributed by atoms with Crippen molar-refractivity contribution in [2.45, 2.75) is 32.5 Å². The number of ether oxygens (including phenoxy) is 1. The van der Waals surface area contributed by atoms with Crippen LogP contribution in [0.15, 0.2) is 42.5 Å². The van der Waals surface area contributed by atoms with Gasteiger partial charge in [-0.05, 0) is 30.5 Å². The number of benzene rings is 2. The molecule has 7 nitrogen and oxygen atoms in total. The number of fused-ring (bicyclic) bond motifs is 1. The molecule has 1 atom stereocenters. The SMILES string of the molecule is CCOc1ccc([N+](=O)[O-])cc1CNCC(O)CN1CCc2ccccc2C1. The smallest absolute Gasteiger partial charge is 0.270 e. The highest BCUT2D eigenvalue weighted by molar-refractivity contribution is 5.43. The van der Waals surface area contributed by atoms with Crippen molar-refractivity contribution in [2.75, 3.05) is 26.2 Å². The molecule has 0 aliphatic carbocycles. The fourth-order valence-corrected chi connectivity index (χ4v) is 3.56. The molecule has 150 valence electrons. The molecule has 1 heterocycles. The molecular weight excluding hydrogens is 358 g/mol. The third-order valence-corrected chi connectivity index (χ3v) is 4.93. The first-order chi connectivity index (χ1) is 13.6. The summed E-state index contributed by atoms with van der Waals surface area (Å²) in [5.74, 6) is 0.628. The van der Waals surface area contributed by atoms with E-state index in [-0.39, 0.29) is 5.69 Å². The van der Waals surface area contributed by atoms with E-state index in [1.807, 2.05) is 6.92 Å². The summed E-state index contributed by atoms with van der Waals surface area (Å²) in [6, 6.07) is 13.0.